The molecule has 3 aliphatic heterocycles. The molecule has 150 valence electrons. The summed E-state index contributed by atoms with van der Waals surface area (Å²) in [4.78, 5) is 27.5. The molecule has 29 heavy (non-hydrogen) atoms. The van der Waals surface area contributed by atoms with Crippen LogP contribution in [0.4, 0.5) is 0 Å². The third kappa shape index (κ3) is 2.38. The summed E-state index contributed by atoms with van der Waals surface area (Å²) < 4.78 is 10.7. The molecule has 5 rings (SSSR count). The summed E-state index contributed by atoms with van der Waals surface area (Å²) in [6.45, 7) is 7.70. The first kappa shape index (κ1) is 19.4. The molecular weight excluding hydrogens is 424 g/mol. The van der Waals surface area contributed by atoms with E-state index in [0.29, 0.717) is 22.6 Å². The maximum absolute atomic E-state index is 13.8. The Morgan fingerprint density at radius 3 is 1.45 bits per heavy atom. The lowest BCUT2D eigenvalue weighted by Crippen LogP contribution is -2.61. The van der Waals surface area contributed by atoms with Crippen molar-refractivity contribution in [3.05, 3.63) is 59.7 Å². The van der Waals surface area contributed by atoms with Crippen molar-refractivity contribution in [3.63, 3.8) is 0 Å². The summed E-state index contributed by atoms with van der Waals surface area (Å²) in [7, 11) is 2.87. The molecule has 0 aromatic heterocycles. The molecule has 0 N–H and O–H groups in total. The van der Waals surface area contributed by atoms with E-state index in [1.54, 1.807) is 12.1 Å². The van der Waals surface area contributed by atoms with Gasteiger partial charge in [0, 0.05) is 0 Å². The minimum atomic E-state index is -0.964. The third-order valence-corrected chi connectivity index (χ3v) is 13.0. The largest absolute Gasteiger partial charge is 0.484 e. The fraction of sp³-hybridized carbons (Fsp3) is 0.364. The van der Waals surface area contributed by atoms with E-state index in [9.17, 15) is 9.59 Å². The van der Waals surface area contributed by atoms with Crippen LogP contribution in [-0.4, -0.2) is 30.9 Å². The Morgan fingerprint density at radius 1 is 0.655 bits per heavy atom. The van der Waals surface area contributed by atoms with Crippen molar-refractivity contribution in [2.45, 2.75) is 47.1 Å². The lowest BCUT2D eigenvalue weighted by atomic mass is 9.91. The summed E-state index contributed by atoms with van der Waals surface area (Å²) >= 11 is 1.39. The molecule has 0 amide bonds. The van der Waals surface area contributed by atoms with Gasteiger partial charge in [0.25, 0.3) is 0 Å². The van der Waals surface area contributed by atoms with Crippen LogP contribution in [0, 0.1) is 0 Å². The molecule has 1 fully saturated rings. The van der Waals surface area contributed by atoms with Crippen LogP contribution in [-0.2, 0) is 0 Å². The van der Waals surface area contributed by atoms with Gasteiger partial charge in [0.05, 0.1) is 11.1 Å². The molecule has 0 bridgehead atoms. The van der Waals surface area contributed by atoms with Crippen LogP contribution in [0.2, 0.25) is 0 Å². The molecule has 3 heterocycles. The Labute approximate surface area is 181 Å². The molecule has 2 spiro atoms. The highest BCUT2D eigenvalue weighted by Gasteiger charge is 2.73. The maximum Gasteiger partial charge on any atom is 0.197 e. The van der Waals surface area contributed by atoms with Crippen LogP contribution in [0.15, 0.2) is 48.5 Å². The second kappa shape index (κ2) is 5.99. The maximum atomic E-state index is 13.8. The number of carbonyl (C=O) groups is 2. The van der Waals surface area contributed by atoms with E-state index in [1.807, 2.05) is 64.1 Å². The lowest BCUT2D eigenvalue weighted by molar-refractivity contribution is 0.0552. The molecule has 0 aliphatic carbocycles. The van der Waals surface area contributed by atoms with Gasteiger partial charge in [-0.25, -0.2) is 0 Å². The quantitative estimate of drug-likeness (QED) is 0.489. The monoisotopic (exact) mass is 444 g/mol. The van der Waals surface area contributed by atoms with E-state index in [0.717, 1.165) is 0 Å². The third-order valence-electron chi connectivity index (χ3n) is 5.74. The predicted molar refractivity (Wildman–Crippen MR) is 119 cm³/mol. The smallest absolute Gasteiger partial charge is 0.197 e. The minimum Gasteiger partial charge on any atom is -0.484 e. The van der Waals surface area contributed by atoms with Gasteiger partial charge in [0.2, 0.25) is 0 Å². The summed E-state index contributed by atoms with van der Waals surface area (Å²) in [5.41, 5.74) is -0.492. The normalized spacial score (nSPS) is 31.2. The van der Waals surface area contributed by atoms with Crippen LogP contribution >= 0.6 is 33.3 Å². The van der Waals surface area contributed by atoms with Gasteiger partial charge in [0.15, 0.2) is 19.7 Å². The Kier molecular flexibility index (Phi) is 4.00. The number of benzene rings is 2. The summed E-state index contributed by atoms with van der Waals surface area (Å²) in [6, 6.07) is 14.7. The van der Waals surface area contributed by atoms with Crippen molar-refractivity contribution in [1.29, 1.82) is 0 Å². The Balaban J connectivity index is 1.65. The lowest BCUT2D eigenvalue weighted by Gasteiger charge is -2.48. The Morgan fingerprint density at radius 2 is 1.03 bits per heavy atom. The average molecular weight is 445 g/mol. The van der Waals surface area contributed by atoms with Crippen molar-refractivity contribution < 1.29 is 19.1 Å². The van der Waals surface area contributed by atoms with E-state index in [4.69, 9.17) is 9.47 Å². The number of rotatable bonds is 0. The summed E-state index contributed by atoms with van der Waals surface area (Å²) in [5, 5.41) is 0. The van der Waals surface area contributed by atoms with E-state index in [2.05, 4.69) is 0 Å². The molecule has 7 heteroatoms. The first-order valence-electron chi connectivity index (χ1n) is 9.36. The SMILES string of the molecule is CC1(C)Oc2ccccc2C(=O)C12SSC1(S2)C(=O)c2ccccc2OC1(C)C. The number of Topliss-reactive ketones (excluding diaryl/α,β-unsaturated/α-hetero) is 2. The van der Waals surface area contributed by atoms with Crippen molar-refractivity contribution in [2.75, 3.05) is 0 Å². The van der Waals surface area contributed by atoms with Crippen LogP contribution in [0.1, 0.15) is 48.4 Å². The predicted octanol–water partition coefficient (Wildman–Crippen LogP) is 5.62. The molecule has 4 nitrogen and oxygen atoms in total. The average Bonchev–Trinajstić information content (AvgIpc) is 3.10. The zero-order chi connectivity index (χ0) is 20.7. The second-order valence-electron chi connectivity index (χ2n) is 8.38. The van der Waals surface area contributed by atoms with Gasteiger partial charge in [-0.3, -0.25) is 9.59 Å². The van der Waals surface area contributed by atoms with Crippen LogP contribution in [0.3, 0.4) is 0 Å². The molecule has 3 aliphatic rings. The van der Waals surface area contributed by atoms with Gasteiger partial charge in [-0.1, -0.05) is 57.6 Å². The first-order valence-corrected chi connectivity index (χ1v) is 12.3. The number of ether oxygens (including phenoxy) is 2. The van der Waals surface area contributed by atoms with Crippen molar-refractivity contribution in [1.82, 2.24) is 0 Å². The van der Waals surface area contributed by atoms with Crippen molar-refractivity contribution in [3.8, 4) is 11.5 Å². The zero-order valence-electron chi connectivity index (χ0n) is 16.5. The van der Waals surface area contributed by atoms with Gasteiger partial charge in [-0.2, -0.15) is 0 Å². The molecule has 2 aromatic rings. The van der Waals surface area contributed by atoms with Crippen molar-refractivity contribution >= 4 is 44.9 Å². The second-order valence-corrected chi connectivity index (χ2v) is 12.9. The van der Waals surface area contributed by atoms with E-state index in [-0.39, 0.29) is 11.6 Å². The van der Waals surface area contributed by atoms with Gasteiger partial charge in [0.1, 0.15) is 22.7 Å². The van der Waals surface area contributed by atoms with Crippen LogP contribution in [0.25, 0.3) is 0 Å². The Hall–Kier alpha value is -1.57. The number of hydrogen-bond donors (Lipinski definition) is 0. The summed E-state index contributed by atoms with van der Waals surface area (Å²) in [6.07, 6.45) is 0. The van der Waals surface area contributed by atoms with Gasteiger partial charge >= 0.3 is 0 Å². The van der Waals surface area contributed by atoms with Gasteiger partial charge < -0.3 is 9.47 Å². The number of hydrogen-bond acceptors (Lipinski definition) is 7. The first-order chi connectivity index (χ1) is 13.6. The molecule has 0 radical (unpaired) electrons. The van der Waals surface area contributed by atoms with Crippen LogP contribution < -0.4 is 9.47 Å². The number of para-hydroxylation sites is 2. The standard InChI is InChI=1S/C22H20O4S3/c1-19(2)21(17(23)13-9-5-7-11-15(13)25-19)27-22(29-28-21)18(24)14-10-6-8-12-16(14)26-20(22,3)4/h5-12H,1-4H3. The zero-order valence-corrected chi connectivity index (χ0v) is 18.9. The number of thioether (sulfide) groups is 1. The fourth-order valence-corrected chi connectivity index (χ4v) is 11.3. The molecule has 2 aromatic carbocycles. The van der Waals surface area contributed by atoms with Crippen molar-refractivity contribution in [2.24, 2.45) is 0 Å². The molecule has 2 unspecified atom stereocenters. The number of carbonyl (C=O) groups excluding carboxylic acids is 2. The number of fused-ring (bicyclic) bond motifs is 2. The summed E-state index contributed by atoms with van der Waals surface area (Å²) in [5.74, 6) is 1.17. The van der Waals surface area contributed by atoms with E-state index >= 15 is 0 Å². The highest BCUT2D eigenvalue weighted by atomic mass is 33.1. The molecule has 2 atom stereocenters. The molecule has 1 saturated heterocycles. The molecule has 0 saturated carbocycles. The fourth-order valence-electron chi connectivity index (χ4n) is 4.04. The minimum absolute atomic E-state index is 0.00816. The van der Waals surface area contributed by atoms with Gasteiger partial charge in [-0.05, 0) is 52.0 Å². The van der Waals surface area contributed by atoms with E-state index in [1.165, 1.54) is 33.3 Å². The van der Waals surface area contributed by atoms with Gasteiger partial charge in [-0.15, -0.1) is 0 Å². The van der Waals surface area contributed by atoms with E-state index < -0.39 is 19.4 Å². The topological polar surface area (TPSA) is 52.6 Å². The highest BCUT2D eigenvalue weighted by molar-refractivity contribution is 8.84. The molecular formula is C22H20O4S3. The Bertz CT molecular complexity index is 980. The number of ketones is 2. The van der Waals surface area contributed by atoms with Crippen LogP contribution in [0.5, 0.6) is 11.5 Å². The highest BCUT2D eigenvalue weighted by Crippen LogP contribution is 2.74.